The van der Waals surface area contributed by atoms with Crippen LogP contribution in [0.2, 0.25) is 15.9 Å². The second-order valence-corrected chi connectivity index (χ2v) is 7.26. The smallest absolute Gasteiger partial charge is 0.242 e. The van der Waals surface area contributed by atoms with Gasteiger partial charge in [0.25, 0.3) is 0 Å². The lowest BCUT2D eigenvalue weighted by molar-refractivity contribution is 0.399. The van der Waals surface area contributed by atoms with Crippen LogP contribution >= 0.6 is 63.0 Å². The molecule has 0 aliphatic heterocycles. The van der Waals surface area contributed by atoms with Crippen LogP contribution in [-0.4, -0.2) is 51.2 Å². The first-order valence-electron chi connectivity index (χ1n) is 7.97. The summed E-state index contributed by atoms with van der Waals surface area (Å²) in [6.07, 6.45) is 1.40. The molecule has 7 N–H and O–H groups in total. The molecule has 0 atom stereocenters. The predicted octanol–water partition coefficient (Wildman–Crippen LogP) is 3.59. The van der Waals surface area contributed by atoms with Crippen LogP contribution in [0, 0.1) is 4.64 Å². The van der Waals surface area contributed by atoms with Crippen molar-refractivity contribution in [2.24, 2.45) is 0 Å². The summed E-state index contributed by atoms with van der Waals surface area (Å²) in [6.45, 7) is 0. The summed E-state index contributed by atoms with van der Waals surface area (Å²) in [5.41, 5.74) is 17.4. The van der Waals surface area contributed by atoms with Crippen LogP contribution in [-0.2, 0) is 0 Å². The number of halogens is 4. The number of nitrogens with zero attached hydrogens (tertiary/aromatic N) is 5. The number of nitrogens with one attached hydrogen (secondary N) is 1. The molecule has 0 aliphatic carbocycles. The maximum absolute atomic E-state index is 5.53. The van der Waals surface area contributed by atoms with Gasteiger partial charge in [-0.2, -0.15) is 9.97 Å². The molecule has 0 amide bonds. The SMILES string of the molecule is COc1[nH]c(Cl)nc(=S)c1N.COc1nc(Cl)nc(Br)c1N.COc1nc(Cl)ncc1N. The topological polar surface area (TPSA) is 186 Å². The largest absolute Gasteiger partial charge is 0.481 e. The summed E-state index contributed by atoms with van der Waals surface area (Å²) in [4.78, 5) is 21.1. The number of aromatic amines is 1. The Morgan fingerprint density at radius 1 is 0.875 bits per heavy atom. The van der Waals surface area contributed by atoms with Crippen molar-refractivity contribution < 1.29 is 14.2 Å². The van der Waals surface area contributed by atoms with E-state index in [1.54, 1.807) is 0 Å². The van der Waals surface area contributed by atoms with Crippen molar-refractivity contribution in [1.29, 1.82) is 0 Å². The molecular formula is C15H17BrCl3N9O3S. The number of H-pyrrole nitrogens is 1. The van der Waals surface area contributed by atoms with Gasteiger partial charge in [0.2, 0.25) is 33.5 Å². The highest BCUT2D eigenvalue weighted by Gasteiger charge is 2.08. The van der Waals surface area contributed by atoms with Crippen molar-refractivity contribution in [2.75, 3.05) is 38.5 Å². The van der Waals surface area contributed by atoms with E-state index in [0.29, 0.717) is 33.4 Å². The third-order valence-electron chi connectivity index (χ3n) is 3.07. The van der Waals surface area contributed by atoms with Gasteiger partial charge in [-0.1, -0.05) is 12.2 Å². The van der Waals surface area contributed by atoms with Crippen molar-refractivity contribution in [2.45, 2.75) is 0 Å². The average Bonchev–Trinajstić information content (AvgIpc) is 2.75. The lowest BCUT2D eigenvalue weighted by Gasteiger charge is -2.03. The highest BCUT2D eigenvalue weighted by Crippen LogP contribution is 2.26. The average molecular weight is 590 g/mol. The minimum atomic E-state index is 0.0999. The van der Waals surface area contributed by atoms with Gasteiger partial charge < -0.3 is 31.4 Å². The number of ether oxygens (including phenoxy) is 3. The van der Waals surface area contributed by atoms with E-state index in [9.17, 15) is 0 Å². The molecular weight excluding hydrogens is 573 g/mol. The van der Waals surface area contributed by atoms with Gasteiger partial charge >= 0.3 is 0 Å². The molecule has 0 bridgehead atoms. The first-order valence-corrected chi connectivity index (χ1v) is 10.3. The van der Waals surface area contributed by atoms with Gasteiger partial charge in [-0.15, -0.1) is 0 Å². The number of anilines is 3. The summed E-state index contributed by atoms with van der Waals surface area (Å²) in [6, 6.07) is 0. The maximum Gasteiger partial charge on any atom is 0.242 e. The number of rotatable bonds is 3. The van der Waals surface area contributed by atoms with Gasteiger partial charge in [0.05, 0.1) is 27.5 Å². The Bertz CT molecular complexity index is 1120. The van der Waals surface area contributed by atoms with Crippen molar-refractivity contribution in [3.8, 4) is 17.6 Å². The fraction of sp³-hybridized carbons (Fsp3) is 0.200. The first kappa shape index (κ1) is 27.6. The van der Waals surface area contributed by atoms with Gasteiger partial charge in [-0.25, -0.2) is 15.0 Å². The van der Waals surface area contributed by atoms with Gasteiger partial charge in [-0.3, -0.25) is 4.98 Å². The number of nitrogen functional groups attached to an aromatic ring is 3. The fourth-order valence-electron chi connectivity index (χ4n) is 1.67. The molecule has 0 radical (unpaired) electrons. The van der Waals surface area contributed by atoms with Crippen LogP contribution in [0.4, 0.5) is 17.1 Å². The van der Waals surface area contributed by atoms with Crippen LogP contribution in [0.25, 0.3) is 0 Å². The first-order chi connectivity index (χ1) is 15.0. The number of methoxy groups -OCH3 is 3. The van der Waals surface area contributed by atoms with Crippen molar-refractivity contribution in [3.63, 3.8) is 0 Å². The number of hydrogen-bond acceptors (Lipinski definition) is 12. The Balaban J connectivity index is 0.000000240. The molecule has 0 fully saturated rings. The van der Waals surface area contributed by atoms with Gasteiger partial charge in [-0.05, 0) is 50.7 Å². The van der Waals surface area contributed by atoms with Crippen LogP contribution in [0.3, 0.4) is 0 Å². The van der Waals surface area contributed by atoms with Gasteiger partial charge in [0.1, 0.15) is 21.7 Å². The van der Waals surface area contributed by atoms with Crippen molar-refractivity contribution in [3.05, 3.63) is 31.3 Å². The third-order valence-corrected chi connectivity index (χ3v) is 4.52. The molecule has 3 rings (SSSR count). The molecule has 0 spiro atoms. The van der Waals surface area contributed by atoms with Crippen LogP contribution in [0.15, 0.2) is 10.8 Å². The summed E-state index contributed by atoms with van der Waals surface area (Å²) in [5.74, 6) is 0.923. The standard InChI is InChI=1S/C5H5BrClN3O.C5H6ClN3OS.C5H6ClN3O/c1-11-4-2(8)3(6)9-5(7)10-4;1-10-3-2(7)4(11)9-5(6)8-3;1-10-4-3(7)2-8-5(6)9-4/h8H2,1H3;7H2,1H3,(H,8,9,11);2H,7H2,1H3. The minimum Gasteiger partial charge on any atom is -0.481 e. The zero-order valence-corrected chi connectivity index (χ0v) is 21.4. The lowest BCUT2D eigenvalue weighted by Crippen LogP contribution is -1.98. The molecule has 0 aliphatic rings. The van der Waals surface area contributed by atoms with Crippen LogP contribution < -0.4 is 31.4 Å². The van der Waals surface area contributed by atoms with E-state index in [4.69, 9.17) is 78.4 Å². The molecule has 12 nitrogen and oxygen atoms in total. The van der Waals surface area contributed by atoms with E-state index in [1.807, 2.05) is 0 Å². The fourth-order valence-corrected chi connectivity index (χ4v) is 2.80. The Morgan fingerprint density at radius 2 is 1.47 bits per heavy atom. The molecule has 3 aromatic heterocycles. The maximum atomic E-state index is 5.53. The Morgan fingerprint density at radius 3 is 2.00 bits per heavy atom. The van der Waals surface area contributed by atoms with E-state index in [1.165, 1.54) is 27.5 Å². The van der Waals surface area contributed by atoms with Crippen LogP contribution in [0.5, 0.6) is 17.6 Å². The molecule has 0 aromatic carbocycles. The predicted molar refractivity (Wildman–Crippen MR) is 129 cm³/mol. The number of hydrogen-bond donors (Lipinski definition) is 4. The normalized spacial score (nSPS) is 9.59. The van der Waals surface area contributed by atoms with Crippen molar-refractivity contribution >= 4 is 80.0 Å². The Kier molecular flexibility index (Phi) is 11.4. The van der Waals surface area contributed by atoms with Gasteiger partial charge in [0.15, 0.2) is 4.64 Å². The highest BCUT2D eigenvalue weighted by atomic mass is 79.9. The number of nitrogens with two attached hydrogens (primary N) is 3. The van der Waals surface area contributed by atoms with Crippen molar-refractivity contribution in [1.82, 2.24) is 29.9 Å². The molecule has 174 valence electrons. The third kappa shape index (κ3) is 8.27. The monoisotopic (exact) mass is 587 g/mol. The van der Waals surface area contributed by atoms with E-state index >= 15 is 0 Å². The zero-order valence-electron chi connectivity index (χ0n) is 16.7. The lowest BCUT2D eigenvalue weighted by atomic mass is 10.5. The molecule has 0 saturated carbocycles. The Labute approximate surface area is 210 Å². The zero-order chi connectivity index (χ0) is 24.4. The minimum absolute atomic E-state index is 0.0999. The van der Waals surface area contributed by atoms with E-state index in [2.05, 4.69) is 45.8 Å². The number of aromatic nitrogens is 6. The summed E-state index contributed by atoms with van der Waals surface area (Å²) in [7, 11) is 4.39. The highest BCUT2D eigenvalue weighted by molar-refractivity contribution is 9.10. The second-order valence-electron chi connectivity index (χ2n) is 5.09. The van der Waals surface area contributed by atoms with E-state index < -0.39 is 0 Å². The van der Waals surface area contributed by atoms with Gasteiger partial charge in [0, 0.05) is 0 Å². The molecule has 32 heavy (non-hydrogen) atoms. The van der Waals surface area contributed by atoms with Crippen LogP contribution in [0.1, 0.15) is 0 Å². The quantitative estimate of drug-likeness (QED) is 0.198. The molecule has 17 heteroatoms. The molecule has 3 heterocycles. The molecule has 3 aromatic rings. The summed E-state index contributed by atoms with van der Waals surface area (Å²) < 4.78 is 15.1. The van der Waals surface area contributed by atoms with E-state index in [0.717, 1.165) is 0 Å². The molecule has 0 unspecified atom stereocenters. The second kappa shape index (κ2) is 13.2. The summed E-state index contributed by atoms with van der Waals surface area (Å²) >= 11 is 24.4. The Hall–Kier alpha value is -2.39. The molecule has 0 saturated heterocycles. The van der Waals surface area contributed by atoms with E-state index in [-0.39, 0.29) is 26.4 Å². The summed E-state index contributed by atoms with van der Waals surface area (Å²) in [5, 5.41) is 0.398.